The molecule has 0 aromatic heterocycles. The molecule has 0 amide bonds. The first-order chi connectivity index (χ1) is 21.0. The fourth-order valence-corrected chi connectivity index (χ4v) is 7.01. The maximum Gasteiger partial charge on any atom is 0.0540 e. The van der Waals surface area contributed by atoms with Crippen LogP contribution in [0, 0.1) is 6.92 Å². The molecule has 1 aliphatic rings. The van der Waals surface area contributed by atoms with Crippen molar-refractivity contribution in [3.63, 3.8) is 0 Å². The van der Waals surface area contributed by atoms with E-state index in [2.05, 4.69) is 171 Å². The van der Waals surface area contributed by atoms with Gasteiger partial charge in [-0.25, -0.2) is 0 Å². The fourth-order valence-electron chi connectivity index (χ4n) is 7.01. The lowest BCUT2D eigenvalue weighted by molar-refractivity contribution is 0.661. The molecule has 7 aromatic carbocycles. The molecule has 0 spiro atoms. The average molecular weight is 552 g/mol. The quantitative estimate of drug-likeness (QED) is 0.210. The predicted molar refractivity (Wildman–Crippen MR) is 184 cm³/mol. The van der Waals surface area contributed by atoms with Gasteiger partial charge >= 0.3 is 0 Å². The van der Waals surface area contributed by atoms with E-state index in [1.807, 2.05) is 0 Å². The van der Waals surface area contributed by atoms with E-state index in [0.717, 1.165) is 5.69 Å². The van der Waals surface area contributed by atoms with Gasteiger partial charge in [0.1, 0.15) is 0 Å². The SMILES string of the molecule is Cc1ccc(-c2ccc(N(c3ccc4c(c3)C(C)(C)c3ccc5ccccc5c3-4)c3cccc4ccccc34)cc2)cc1. The average Bonchev–Trinajstić information content (AvgIpc) is 3.28. The molecule has 1 nitrogen and oxygen atoms in total. The molecule has 0 aliphatic heterocycles. The lowest BCUT2D eigenvalue weighted by Crippen LogP contribution is -2.16. The Morgan fingerprint density at radius 1 is 0.488 bits per heavy atom. The molecule has 8 rings (SSSR count). The summed E-state index contributed by atoms with van der Waals surface area (Å²) in [7, 11) is 0. The number of aryl methyl sites for hydroxylation is 1. The molecule has 1 aliphatic carbocycles. The topological polar surface area (TPSA) is 3.24 Å². The van der Waals surface area contributed by atoms with Crippen LogP contribution in [0.15, 0.2) is 146 Å². The standard InChI is InChI=1S/C42H33N/c1-28-15-17-29(18-16-28)30-19-22-33(23-20-30)43(40-14-8-11-31-9-4-6-12-35(31)40)34-24-25-37-39(27-34)42(2,3)38-26-21-32-10-5-7-13-36(32)41(37)38/h4-27H,1-3H3. The molecule has 0 radical (unpaired) electrons. The summed E-state index contributed by atoms with van der Waals surface area (Å²) < 4.78 is 0. The summed E-state index contributed by atoms with van der Waals surface area (Å²) >= 11 is 0. The molecule has 0 saturated carbocycles. The van der Waals surface area contributed by atoms with Gasteiger partial charge in [-0.1, -0.05) is 135 Å². The van der Waals surface area contributed by atoms with Gasteiger partial charge < -0.3 is 4.90 Å². The Labute approximate surface area is 253 Å². The van der Waals surface area contributed by atoms with E-state index in [0.29, 0.717) is 0 Å². The van der Waals surface area contributed by atoms with Gasteiger partial charge in [0.15, 0.2) is 0 Å². The maximum atomic E-state index is 2.43. The van der Waals surface area contributed by atoms with Gasteiger partial charge in [0.2, 0.25) is 0 Å². The molecule has 206 valence electrons. The molecule has 43 heavy (non-hydrogen) atoms. The van der Waals surface area contributed by atoms with E-state index in [1.54, 1.807) is 0 Å². The predicted octanol–water partition coefficient (Wildman–Crippen LogP) is 11.7. The van der Waals surface area contributed by atoms with E-state index in [4.69, 9.17) is 0 Å². The number of benzene rings is 7. The normalized spacial score (nSPS) is 13.2. The highest BCUT2D eigenvalue weighted by Crippen LogP contribution is 2.53. The maximum absolute atomic E-state index is 2.43. The molecular formula is C42H33N. The van der Waals surface area contributed by atoms with Gasteiger partial charge in [-0.05, 0) is 86.8 Å². The first-order valence-electron chi connectivity index (χ1n) is 15.1. The minimum Gasteiger partial charge on any atom is -0.310 e. The molecule has 0 fully saturated rings. The fraction of sp³-hybridized carbons (Fsp3) is 0.0952. The third-order valence-electron chi connectivity index (χ3n) is 9.32. The van der Waals surface area contributed by atoms with Gasteiger partial charge in [-0.2, -0.15) is 0 Å². The van der Waals surface area contributed by atoms with Crippen LogP contribution in [-0.2, 0) is 5.41 Å². The van der Waals surface area contributed by atoms with E-state index in [1.165, 1.54) is 71.9 Å². The summed E-state index contributed by atoms with van der Waals surface area (Å²) in [5, 5.41) is 5.10. The van der Waals surface area contributed by atoms with Crippen LogP contribution in [0.4, 0.5) is 17.1 Å². The summed E-state index contributed by atoms with van der Waals surface area (Å²) in [5.41, 5.74) is 12.6. The zero-order valence-electron chi connectivity index (χ0n) is 24.8. The second-order valence-electron chi connectivity index (χ2n) is 12.3. The Balaban J connectivity index is 1.32. The van der Waals surface area contributed by atoms with E-state index >= 15 is 0 Å². The molecule has 1 heteroatoms. The van der Waals surface area contributed by atoms with Crippen molar-refractivity contribution in [1.82, 2.24) is 0 Å². The van der Waals surface area contributed by atoms with Crippen LogP contribution in [0.1, 0.15) is 30.5 Å². The Kier molecular flexibility index (Phi) is 5.77. The zero-order chi connectivity index (χ0) is 29.1. The van der Waals surface area contributed by atoms with Crippen molar-refractivity contribution in [3.8, 4) is 22.3 Å². The monoisotopic (exact) mass is 551 g/mol. The first kappa shape index (κ1) is 25.6. The van der Waals surface area contributed by atoms with Crippen molar-refractivity contribution < 1.29 is 0 Å². The summed E-state index contributed by atoms with van der Waals surface area (Å²) in [6.07, 6.45) is 0. The van der Waals surface area contributed by atoms with Crippen LogP contribution in [-0.4, -0.2) is 0 Å². The summed E-state index contributed by atoms with van der Waals surface area (Å²) in [6.45, 7) is 6.87. The van der Waals surface area contributed by atoms with Crippen LogP contribution in [0.2, 0.25) is 0 Å². The van der Waals surface area contributed by atoms with E-state index in [9.17, 15) is 0 Å². The van der Waals surface area contributed by atoms with Crippen LogP contribution in [0.3, 0.4) is 0 Å². The van der Waals surface area contributed by atoms with Gasteiger partial charge in [0, 0.05) is 22.2 Å². The van der Waals surface area contributed by atoms with Gasteiger partial charge in [-0.3, -0.25) is 0 Å². The highest BCUT2D eigenvalue weighted by molar-refractivity contribution is 6.04. The van der Waals surface area contributed by atoms with Crippen molar-refractivity contribution in [2.24, 2.45) is 0 Å². The molecular weight excluding hydrogens is 518 g/mol. The highest BCUT2D eigenvalue weighted by Gasteiger charge is 2.37. The molecule has 0 unspecified atom stereocenters. The molecule has 0 bridgehead atoms. The van der Waals surface area contributed by atoms with Crippen molar-refractivity contribution in [2.45, 2.75) is 26.2 Å². The smallest absolute Gasteiger partial charge is 0.0540 e. The van der Waals surface area contributed by atoms with E-state index in [-0.39, 0.29) is 5.41 Å². The van der Waals surface area contributed by atoms with Crippen LogP contribution >= 0.6 is 0 Å². The van der Waals surface area contributed by atoms with Gasteiger partial charge in [0.05, 0.1) is 5.69 Å². The van der Waals surface area contributed by atoms with Gasteiger partial charge in [-0.15, -0.1) is 0 Å². The van der Waals surface area contributed by atoms with Crippen LogP contribution in [0.5, 0.6) is 0 Å². The molecule has 7 aromatic rings. The number of fused-ring (bicyclic) bond motifs is 6. The summed E-state index contributed by atoms with van der Waals surface area (Å²) in [5.74, 6) is 0. The molecule has 0 saturated heterocycles. The van der Waals surface area contributed by atoms with Crippen LogP contribution in [0.25, 0.3) is 43.8 Å². The Morgan fingerprint density at radius 2 is 1.09 bits per heavy atom. The summed E-state index contributed by atoms with van der Waals surface area (Å²) in [6, 6.07) is 53.6. The number of hydrogen-bond acceptors (Lipinski definition) is 1. The first-order valence-corrected chi connectivity index (χ1v) is 15.1. The number of hydrogen-bond donors (Lipinski definition) is 0. The minimum atomic E-state index is -0.107. The third kappa shape index (κ3) is 4.07. The Bertz CT molecular complexity index is 2140. The minimum absolute atomic E-state index is 0.107. The Morgan fingerprint density at radius 3 is 1.84 bits per heavy atom. The van der Waals surface area contributed by atoms with Crippen molar-refractivity contribution in [3.05, 3.63) is 162 Å². The highest BCUT2D eigenvalue weighted by atomic mass is 15.1. The van der Waals surface area contributed by atoms with Crippen molar-refractivity contribution in [1.29, 1.82) is 0 Å². The molecule has 0 N–H and O–H groups in total. The largest absolute Gasteiger partial charge is 0.310 e. The second kappa shape index (κ2) is 9.71. The molecule has 0 heterocycles. The molecule has 0 atom stereocenters. The third-order valence-corrected chi connectivity index (χ3v) is 9.32. The number of nitrogens with zero attached hydrogens (tertiary/aromatic N) is 1. The Hall–Kier alpha value is -5.14. The van der Waals surface area contributed by atoms with Crippen LogP contribution < -0.4 is 4.90 Å². The number of rotatable bonds is 4. The second-order valence-corrected chi connectivity index (χ2v) is 12.3. The van der Waals surface area contributed by atoms with E-state index < -0.39 is 0 Å². The summed E-state index contributed by atoms with van der Waals surface area (Å²) in [4.78, 5) is 2.43. The van der Waals surface area contributed by atoms with Gasteiger partial charge in [0.25, 0.3) is 0 Å². The zero-order valence-corrected chi connectivity index (χ0v) is 24.8. The van der Waals surface area contributed by atoms with Crippen molar-refractivity contribution >= 4 is 38.6 Å². The lowest BCUT2D eigenvalue weighted by Gasteiger charge is -2.29. The van der Waals surface area contributed by atoms with Crippen molar-refractivity contribution in [2.75, 3.05) is 4.90 Å². The lowest BCUT2D eigenvalue weighted by atomic mass is 9.82. The number of anilines is 3.